The summed E-state index contributed by atoms with van der Waals surface area (Å²) in [6, 6.07) is 3.12. The molecule has 2 atom stereocenters. The van der Waals surface area contributed by atoms with Gasteiger partial charge in [-0.25, -0.2) is 13.6 Å². The summed E-state index contributed by atoms with van der Waals surface area (Å²) in [7, 11) is -3.66. The van der Waals surface area contributed by atoms with E-state index in [1.165, 1.54) is 6.07 Å². The first-order valence-electron chi connectivity index (χ1n) is 6.51. The number of carbonyl (C=O) groups is 1. The summed E-state index contributed by atoms with van der Waals surface area (Å²) in [6.07, 6.45) is 2.91. The van der Waals surface area contributed by atoms with Crippen molar-refractivity contribution in [1.29, 1.82) is 0 Å². The standard InChI is InChI=1S/C12H19N3O3S2/c13-6-8-2-1-3-10(8)12(16)15-7-9-4-5-11(19-9)20(14,17)18/h4-5,8,10H,1-3,6-7,13H2,(H,15,16)(H2,14,17,18)/t8-,10-/m1/s1. The average Bonchev–Trinajstić information content (AvgIpc) is 3.03. The Bertz CT molecular complexity index is 583. The van der Waals surface area contributed by atoms with E-state index >= 15 is 0 Å². The molecule has 0 radical (unpaired) electrons. The van der Waals surface area contributed by atoms with Crippen LogP contribution in [0.15, 0.2) is 16.3 Å². The number of rotatable bonds is 5. The number of nitrogens with two attached hydrogens (primary N) is 2. The number of primary sulfonamides is 1. The van der Waals surface area contributed by atoms with Crippen LogP contribution in [0, 0.1) is 11.8 Å². The van der Waals surface area contributed by atoms with Crippen LogP contribution in [-0.2, 0) is 21.4 Å². The Morgan fingerprint density at radius 1 is 1.40 bits per heavy atom. The summed E-state index contributed by atoms with van der Waals surface area (Å²) in [5, 5.41) is 7.89. The molecule has 1 amide bonds. The summed E-state index contributed by atoms with van der Waals surface area (Å²) in [5.74, 6) is 0.250. The molecular weight excluding hydrogens is 298 g/mol. The minimum Gasteiger partial charge on any atom is -0.351 e. The molecule has 8 heteroatoms. The van der Waals surface area contributed by atoms with Crippen molar-refractivity contribution in [3.63, 3.8) is 0 Å². The third-order valence-electron chi connectivity index (χ3n) is 3.65. The van der Waals surface area contributed by atoms with Gasteiger partial charge in [0.25, 0.3) is 0 Å². The second-order valence-electron chi connectivity index (χ2n) is 5.02. The van der Waals surface area contributed by atoms with E-state index in [0.29, 0.717) is 13.1 Å². The third kappa shape index (κ3) is 3.57. The van der Waals surface area contributed by atoms with Gasteiger partial charge in [0.1, 0.15) is 4.21 Å². The number of hydrogen-bond acceptors (Lipinski definition) is 5. The minimum atomic E-state index is -3.66. The van der Waals surface area contributed by atoms with Crippen molar-refractivity contribution in [1.82, 2.24) is 5.32 Å². The molecule has 1 aliphatic carbocycles. The van der Waals surface area contributed by atoms with Crippen LogP contribution in [0.25, 0.3) is 0 Å². The normalized spacial score (nSPS) is 22.9. The van der Waals surface area contributed by atoms with Gasteiger partial charge in [-0.05, 0) is 37.4 Å². The molecule has 1 fully saturated rings. The molecule has 0 bridgehead atoms. The number of carbonyl (C=O) groups excluding carboxylic acids is 1. The van der Waals surface area contributed by atoms with E-state index in [4.69, 9.17) is 10.9 Å². The molecule has 1 aliphatic rings. The summed E-state index contributed by atoms with van der Waals surface area (Å²) in [5.41, 5.74) is 5.66. The van der Waals surface area contributed by atoms with Crippen molar-refractivity contribution in [2.24, 2.45) is 22.7 Å². The predicted molar refractivity (Wildman–Crippen MR) is 77.4 cm³/mol. The first kappa shape index (κ1) is 15.4. The van der Waals surface area contributed by atoms with Gasteiger partial charge in [-0.1, -0.05) is 6.42 Å². The number of thiophene rings is 1. The van der Waals surface area contributed by atoms with E-state index in [2.05, 4.69) is 5.32 Å². The fraction of sp³-hybridized carbons (Fsp3) is 0.583. The van der Waals surface area contributed by atoms with Crippen LogP contribution in [0.4, 0.5) is 0 Å². The Hall–Kier alpha value is -0.960. The lowest BCUT2D eigenvalue weighted by Gasteiger charge is -2.16. The Labute approximate surface area is 122 Å². The van der Waals surface area contributed by atoms with E-state index in [-0.39, 0.29) is 22.0 Å². The van der Waals surface area contributed by atoms with Crippen LogP contribution in [-0.4, -0.2) is 20.9 Å². The van der Waals surface area contributed by atoms with Gasteiger partial charge in [0, 0.05) is 10.8 Å². The molecule has 1 aromatic heterocycles. The second kappa shape index (κ2) is 6.21. The van der Waals surface area contributed by atoms with Crippen LogP contribution in [0.3, 0.4) is 0 Å². The molecule has 0 unspecified atom stereocenters. The second-order valence-corrected chi connectivity index (χ2v) is 7.97. The van der Waals surface area contributed by atoms with Crippen molar-refractivity contribution < 1.29 is 13.2 Å². The maximum absolute atomic E-state index is 12.1. The van der Waals surface area contributed by atoms with Gasteiger partial charge in [0.05, 0.1) is 6.54 Å². The van der Waals surface area contributed by atoms with Crippen molar-refractivity contribution in [3.05, 3.63) is 17.0 Å². The molecule has 1 aromatic rings. The highest BCUT2D eigenvalue weighted by atomic mass is 32.2. The molecular formula is C12H19N3O3S2. The van der Waals surface area contributed by atoms with E-state index in [1.54, 1.807) is 6.07 Å². The molecule has 20 heavy (non-hydrogen) atoms. The summed E-state index contributed by atoms with van der Waals surface area (Å²) in [6.45, 7) is 0.861. The fourth-order valence-electron chi connectivity index (χ4n) is 2.58. The predicted octanol–water partition coefficient (Wildman–Crippen LogP) is 0.387. The molecule has 0 saturated heterocycles. The zero-order chi connectivity index (χ0) is 14.8. The molecule has 1 saturated carbocycles. The number of sulfonamides is 1. The van der Waals surface area contributed by atoms with Crippen molar-refractivity contribution in [3.8, 4) is 0 Å². The molecule has 0 spiro atoms. The molecule has 1 heterocycles. The van der Waals surface area contributed by atoms with Crippen molar-refractivity contribution >= 4 is 27.3 Å². The fourth-order valence-corrected chi connectivity index (χ4v) is 4.29. The van der Waals surface area contributed by atoms with E-state index in [0.717, 1.165) is 35.5 Å². The number of amides is 1. The smallest absolute Gasteiger partial charge is 0.247 e. The van der Waals surface area contributed by atoms with Crippen LogP contribution in [0.5, 0.6) is 0 Å². The minimum absolute atomic E-state index is 0.00325. The van der Waals surface area contributed by atoms with Gasteiger partial charge < -0.3 is 11.1 Å². The van der Waals surface area contributed by atoms with Crippen LogP contribution >= 0.6 is 11.3 Å². The maximum Gasteiger partial charge on any atom is 0.247 e. The molecule has 0 aliphatic heterocycles. The Kier molecular flexibility index (Phi) is 4.79. The average molecular weight is 317 g/mol. The highest BCUT2D eigenvalue weighted by Gasteiger charge is 2.31. The van der Waals surface area contributed by atoms with Crippen LogP contribution in [0.1, 0.15) is 24.1 Å². The highest BCUT2D eigenvalue weighted by Crippen LogP contribution is 2.31. The Morgan fingerprint density at radius 3 is 2.75 bits per heavy atom. The quantitative estimate of drug-likeness (QED) is 0.728. The first-order chi connectivity index (χ1) is 9.41. The summed E-state index contributed by atoms with van der Waals surface area (Å²) < 4.78 is 22.4. The summed E-state index contributed by atoms with van der Waals surface area (Å²) >= 11 is 1.08. The lowest BCUT2D eigenvalue weighted by atomic mass is 9.95. The molecule has 6 nitrogen and oxygen atoms in total. The lowest BCUT2D eigenvalue weighted by molar-refractivity contribution is -0.126. The Morgan fingerprint density at radius 2 is 2.15 bits per heavy atom. The summed E-state index contributed by atoms with van der Waals surface area (Å²) in [4.78, 5) is 12.9. The van der Waals surface area contributed by atoms with Gasteiger partial charge in [-0.3, -0.25) is 4.79 Å². The maximum atomic E-state index is 12.1. The molecule has 5 N–H and O–H groups in total. The van der Waals surface area contributed by atoms with Crippen molar-refractivity contribution in [2.75, 3.05) is 6.54 Å². The molecule has 112 valence electrons. The van der Waals surface area contributed by atoms with Gasteiger partial charge in [-0.15, -0.1) is 11.3 Å². The third-order valence-corrected chi connectivity index (χ3v) is 6.18. The van der Waals surface area contributed by atoms with E-state index in [9.17, 15) is 13.2 Å². The monoisotopic (exact) mass is 317 g/mol. The topological polar surface area (TPSA) is 115 Å². The van der Waals surface area contributed by atoms with Crippen LogP contribution < -0.4 is 16.2 Å². The van der Waals surface area contributed by atoms with Crippen LogP contribution in [0.2, 0.25) is 0 Å². The molecule has 2 rings (SSSR count). The number of hydrogen-bond donors (Lipinski definition) is 3. The van der Waals surface area contributed by atoms with Gasteiger partial charge in [0.15, 0.2) is 0 Å². The highest BCUT2D eigenvalue weighted by molar-refractivity contribution is 7.91. The van der Waals surface area contributed by atoms with Gasteiger partial charge >= 0.3 is 0 Å². The van der Waals surface area contributed by atoms with E-state index in [1.807, 2.05) is 0 Å². The Balaban J connectivity index is 1.92. The molecule has 0 aromatic carbocycles. The first-order valence-corrected chi connectivity index (χ1v) is 8.87. The SMILES string of the molecule is NC[C@H]1CCC[C@H]1C(=O)NCc1ccc(S(N)(=O)=O)s1. The van der Waals surface area contributed by atoms with Gasteiger partial charge in [-0.2, -0.15) is 0 Å². The largest absolute Gasteiger partial charge is 0.351 e. The zero-order valence-electron chi connectivity index (χ0n) is 11.0. The van der Waals surface area contributed by atoms with Crippen molar-refractivity contribution in [2.45, 2.75) is 30.0 Å². The zero-order valence-corrected chi connectivity index (χ0v) is 12.7. The number of nitrogens with one attached hydrogen (secondary N) is 1. The van der Waals surface area contributed by atoms with E-state index < -0.39 is 10.0 Å². The van der Waals surface area contributed by atoms with Gasteiger partial charge in [0.2, 0.25) is 15.9 Å². The lowest BCUT2D eigenvalue weighted by Crippen LogP contribution is -2.34.